The lowest BCUT2D eigenvalue weighted by molar-refractivity contribution is -1.11. The number of halogens is 3. The van der Waals surface area contributed by atoms with Gasteiger partial charge in [-0.2, -0.15) is 18.3 Å². The van der Waals surface area contributed by atoms with Gasteiger partial charge >= 0.3 is 12.1 Å². The number of hydrogen-bond donors (Lipinski definition) is 1. The normalized spacial score (nSPS) is 23.1. The fourth-order valence-electron chi connectivity index (χ4n) is 3.67. The number of piperidine rings is 1. The number of carbonyl (C=O) groups excluding carboxylic acids is 2. The number of alkyl halides is 3. The van der Waals surface area contributed by atoms with E-state index in [1.165, 1.54) is 0 Å². The van der Waals surface area contributed by atoms with Crippen LogP contribution in [0.4, 0.5) is 13.2 Å². The number of amides is 1. The average molecular weight is 399 g/mol. The highest BCUT2D eigenvalue weighted by Gasteiger charge is 2.51. The van der Waals surface area contributed by atoms with Gasteiger partial charge < -0.3 is 5.73 Å². The summed E-state index contributed by atoms with van der Waals surface area (Å²) in [7, 11) is 0. The second-order valence-electron chi connectivity index (χ2n) is 7.34. The molecule has 1 amide bonds. The van der Waals surface area contributed by atoms with E-state index in [0.29, 0.717) is 30.3 Å². The smallest absolute Gasteiger partial charge is 0.366 e. The van der Waals surface area contributed by atoms with Crippen molar-refractivity contribution < 1.29 is 32.2 Å². The first kappa shape index (κ1) is 20.1. The minimum absolute atomic E-state index is 0.152. The number of rotatable bonds is 4. The summed E-state index contributed by atoms with van der Waals surface area (Å²) in [5, 5.41) is 5.16. The largest absolute Gasteiger partial charge is 0.497 e. The average Bonchev–Trinajstić information content (AvgIpc) is 3.05. The Kier molecular flexibility index (Phi) is 5.09. The predicted molar refractivity (Wildman–Crippen MR) is 93.8 cm³/mol. The summed E-state index contributed by atoms with van der Waals surface area (Å²) in [6.45, 7) is 3.89. The molecule has 0 bridgehead atoms. The summed E-state index contributed by atoms with van der Waals surface area (Å²) in [5.74, 6) is -2.80. The van der Waals surface area contributed by atoms with Crippen LogP contribution in [0.3, 0.4) is 0 Å². The number of benzene rings is 1. The van der Waals surface area contributed by atoms with Crippen LogP contribution in [-0.2, 0) is 9.63 Å². The van der Waals surface area contributed by atoms with Crippen molar-refractivity contribution in [2.45, 2.75) is 44.9 Å². The predicted octanol–water partition coefficient (Wildman–Crippen LogP) is 2.72. The van der Waals surface area contributed by atoms with Crippen molar-refractivity contribution in [1.29, 1.82) is 0 Å². The Labute approximate surface area is 159 Å². The second-order valence-corrected chi connectivity index (χ2v) is 7.34. The molecule has 28 heavy (non-hydrogen) atoms. The van der Waals surface area contributed by atoms with E-state index in [-0.39, 0.29) is 24.2 Å². The van der Waals surface area contributed by atoms with Crippen molar-refractivity contribution in [3.63, 3.8) is 0 Å². The molecule has 0 saturated carbocycles. The standard InChI is InChI=1S/C18H21F3N4O3/c1-11(2)25(28-17(27)18(19,20)21)8-4-6-13(10-25)24-9-12-5-3-7-14(16(22)26)15(12)23-24/h3,5,7,9,11,13H,4,6,8,10H2,1-2H3,(H-,22,26)/p+1. The molecule has 1 aliphatic heterocycles. The topological polar surface area (TPSA) is 87.2 Å². The Balaban J connectivity index is 1.93. The molecule has 0 aliphatic carbocycles. The van der Waals surface area contributed by atoms with E-state index in [0.717, 1.165) is 0 Å². The zero-order valence-electron chi connectivity index (χ0n) is 15.6. The van der Waals surface area contributed by atoms with Gasteiger partial charge in [-0.25, -0.2) is 4.79 Å². The first-order chi connectivity index (χ1) is 13.0. The van der Waals surface area contributed by atoms with Crippen LogP contribution in [0.1, 0.15) is 43.1 Å². The van der Waals surface area contributed by atoms with Crippen molar-refractivity contribution in [1.82, 2.24) is 9.78 Å². The summed E-state index contributed by atoms with van der Waals surface area (Å²) < 4.78 is 39.5. The number of hydrogen-bond acceptors (Lipinski definition) is 4. The van der Waals surface area contributed by atoms with E-state index in [4.69, 9.17) is 10.6 Å². The Bertz CT molecular complexity index is 909. The molecular weight excluding hydrogens is 377 g/mol. The molecule has 1 aromatic carbocycles. The van der Waals surface area contributed by atoms with Crippen LogP contribution in [-0.4, -0.2) is 51.6 Å². The van der Waals surface area contributed by atoms with E-state index in [1.807, 2.05) is 0 Å². The Morgan fingerprint density at radius 3 is 2.68 bits per heavy atom. The lowest BCUT2D eigenvalue weighted by Gasteiger charge is -2.43. The van der Waals surface area contributed by atoms with Gasteiger partial charge in [0.25, 0.3) is 5.91 Å². The van der Waals surface area contributed by atoms with Crippen LogP contribution in [0.15, 0.2) is 24.4 Å². The highest BCUT2D eigenvalue weighted by molar-refractivity contribution is 6.04. The lowest BCUT2D eigenvalue weighted by atomic mass is 10.0. The summed E-state index contributed by atoms with van der Waals surface area (Å²) in [6.07, 6.45) is -2.09. The Morgan fingerprint density at radius 2 is 2.07 bits per heavy atom. The lowest BCUT2D eigenvalue weighted by Crippen LogP contribution is -2.60. The number of fused-ring (bicyclic) bond motifs is 1. The molecule has 152 valence electrons. The number of aromatic nitrogens is 2. The third-order valence-corrected chi connectivity index (χ3v) is 5.22. The molecule has 1 fully saturated rings. The maximum atomic E-state index is 12.8. The van der Waals surface area contributed by atoms with Crippen molar-refractivity contribution in [3.8, 4) is 0 Å². The SMILES string of the molecule is CC(C)[N+]1(OC(=O)C(F)(F)F)CCCC(n2cc3cccc(C(N)=O)c3n2)C1. The van der Waals surface area contributed by atoms with E-state index in [1.54, 1.807) is 42.9 Å². The number of likely N-dealkylation sites (tertiary alicyclic amines) is 1. The molecule has 2 unspecified atom stereocenters. The Morgan fingerprint density at radius 1 is 1.36 bits per heavy atom. The quantitative estimate of drug-likeness (QED) is 0.801. The van der Waals surface area contributed by atoms with Gasteiger partial charge in [-0.15, -0.1) is 4.65 Å². The summed E-state index contributed by atoms with van der Waals surface area (Å²) in [5.41, 5.74) is 6.11. The molecule has 1 aliphatic rings. The van der Waals surface area contributed by atoms with Gasteiger partial charge in [0.1, 0.15) is 30.7 Å². The van der Waals surface area contributed by atoms with Gasteiger partial charge in [-0.05, 0) is 26.3 Å². The fourth-order valence-corrected chi connectivity index (χ4v) is 3.67. The van der Waals surface area contributed by atoms with E-state index >= 15 is 0 Å². The van der Waals surface area contributed by atoms with E-state index in [9.17, 15) is 22.8 Å². The van der Waals surface area contributed by atoms with Gasteiger partial charge in [0.15, 0.2) is 0 Å². The van der Waals surface area contributed by atoms with Crippen molar-refractivity contribution in [2.24, 2.45) is 5.73 Å². The van der Waals surface area contributed by atoms with Crippen LogP contribution in [0.2, 0.25) is 0 Å². The third kappa shape index (κ3) is 3.68. The number of hydroxylamine groups is 3. The number of primary amides is 1. The van der Waals surface area contributed by atoms with E-state index in [2.05, 4.69) is 5.10 Å². The molecule has 0 spiro atoms. The maximum absolute atomic E-state index is 12.8. The first-order valence-corrected chi connectivity index (χ1v) is 8.99. The zero-order chi connectivity index (χ0) is 20.7. The number of quaternary nitrogens is 1. The van der Waals surface area contributed by atoms with Crippen LogP contribution in [0.5, 0.6) is 0 Å². The van der Waals surface area contributed by atoms with Gasteiger partial charge in [0.05, 0.1) is 5.56 Å². The highest BCUT2D eigenvalue weighted by Crippen LogP contribution is 2.33. The summed E-state index contributed by atoms with van der Waals surface area (Å²) in [4.78, 5) is 28.1. The van der Waals surface area contributed by atoms with Crippen LogP contribution in [0.25, 0.3) is 10.9 Å². The molecule has 3 rings (SSSR count). The number of nitrogens with two attached hydrogens (primary N) is 1. The van der Waals surface area contributed by atoms with Gasteiger partial charge in [-0.3, -0.25) is 14.3 Å². The minimum atomic E-state index is -5.05. The highest BCUT2D eigenvalue weighted by atomic mass is 19.4. The summed E-state index contributed by atoms with van der Waals surface area (Å²) >= 11 is 0. The maximum Gasteiger partial charge on any atom is 0.497 e. The molecule has 2 atom stereocenters. The van der Waals surface area contributed by atoms with Gasteiger partial charge in [-0.1, -0.05) is 12.1 Å². The van der Waals surface area contributed by atoms with Gasteiger partial charge in [0, 0.05) is 18.0 Å². The van der Waals surface area contributed by atoms with E-state index < -0.39 is 22.7 Å². The zero-order valence-corrected chi connectivity index (χ0v) is 15.6. The number of nitrogens with zero attached hydrogens (tertiary/aromatic N) is 3. The summed E-state index contributed by atoms with van der Waals surface area (Å²) in [6, 6.07) is 4.39. The van der Waals surface area contributed by atoms with Crippen LogP contribution >= 0.6 is 0 Å². The van der Waals surface area contributed by atoms with Crippen LogP contribution in [0, 0.1) is 0 Å². The van der Waals surface area contributed by atoms with Gasteiger partial charge in [0.2, 0.25) is 0 Å². The molecular formula is C18H22F3N4O3+. The molecule has 2 heterocycles. The third-order valence-electron chi connectivity index (χ3n) is 5.22. The number of carbonyl (C=O) groups is 2. The molecule has 2 aromatic rings. The second kappa shape index (κ2) is 7.08. The molecule has 1 aromatic heterocycles. The van der Waals surface area contributed by atoms with Crippen molar-refractivity contribution >= 4 is 22.8 Å². The molecule has 2 N–H and O–H groups in total. The van der Waals surface area contributed by atoms with Crippen molar-refractivity contribution in [3.05, 3.63) is 30.0 Å². The molecule has 10 heteroatoms. The molecule has 7 nitrogen and oxygen atoms in total. The van der Waals surface area contributed by atoms with Crippen LogP contribution < -0.4 is 5.73 Å². The minimum Gasteiger partial charge on any atom is -0.366 e. The molecule has 0 radical (unpaired) electrons. The van der Waals surface area contributed by atoms with Crippen molar-refractivity contribution in [2.75, 3.05) is 13.1 Å². The fraction of sp³-hybridized carbons (Fsp3) is 0.500. The Hall–Kier alpha value is -2.62. The first-order valence-electron chi connectivity index (χ1n) is 8.99. The monoisotopic (exact) mass is 399 g/mol. The molecule has 1 saturated heterocycles.